The largest absolute Gasteiger partial charge is 0.392 e. The van der Waals surface area contributed by atoms with Crippen molar-refractivity contribution in [2.75, 3.05) is 0 Å². The summed E-state index contributed by atoms with van der Waals surface area (Å²) in [7, 11) is 0. The second kappa shape index (κ2) is 5.84. The van der Waals surface area contributed by atoms with E-state index in [0.29, 0.717) is 16.2 Å². The van der Waals surface area contributed by atoms with Crippen LogP contribution in [0.25, 0.3) is 0 Å². The first-order valence-electron chi connectivity index (χ1n) is 5.36. The lowest BCUT2D eigenvalue weighted by molar-refractivity contribution is 0.277. The Morgan fingerprint density at radius 2 is 1.76 bits per heavy atom. The quantitative estimate of drug-likeness (QED) is 0.834. The van der Waals surface area contributed by atoms with Crippen LogP contribution >= 0.6 is 11.8 Å². The van der Waals surface area contributed by atoms with Gasteiger partial charge in [0.15, 0.2) is 0 Å². The minimum Gasteiger partial charge on any atom is -0.392 e. The number of aliphatic hydroxyl groups excluding tert-OH is 1. The molecule has 0 saturated carbocycles. The molecule has 0 aliphatic heterocycles. The number of hydrogen-bond donors (Lipinski definition) is 1. The number of hydrogen-bond acceptors (Lipinski definition) is 2. The Kier molecular flexibility index (Phi) is 4.18. The summed E-state index contributed by atoms with van der Waals surface area (Å²) in [4.78, 5) is 0.541. The Bertz CT molecular complexity index is 485. The van der Waals surface area contributed by atoms with E-state index in [9.17, 15) is 4.39 Å². The lowest BCUT2D eigenvalue weighted by Gasteiger charge is -2.08. The molecule has 0 spiro atoms. The predicted octanol–water partition coefficient (Wildman–Crippen LogP) is 3.61. The van der Waals surface area contributed by atoms with Crippen molar-refractivity contribution in [3.05, 3.63) is 65.5 Å². The predicted molar refractivity (Wildman–Crippen MR) is 68.3 cm³/mol. The zero-order valence-corrected chi connectivity index (χ0v) is 10.1. The maximum atomic E-state index is 13.6. The van der Waals surface area contributed by atoms with Crippen LogP contribution in [0.4, 0.5) is 4.39 Å². The third-order valence-electron chi connectivity index (χ3n) is 2.44. The molecule has 88 valence electrons. The van der Waals surface area contributed by atoms with Gasteiger partial charge in [-0.3, -0.25) is 0 Å². The fraction of sp³-hybridized carbons (Fsp3) is 0.143. The number of rotatable bonds is 4. The van der Waals surface area contributed by atoms with Crippen molar-refractivity contribution >= 4 is 11.8 Å². The molecule has 0 amide bonds. The molecule has 1 N–H and O–H groups in total. The van der Waals surface area contributed by atoms with Gasteiger partial charge in [0.2, 0.25) is 0 Å². The summed E-state index contributed by atoms with van der Waals surface area (Å²) in [6.45, 7) is -0.130. The van der Waals surface area contributed by atoms with E-state index >= 15 is 0 Å². The SMILES string of the molecule is OCc1cccc(F)c1SCc1ccccc1. The van der Waals surface area contributed by atoms with Crippen molar-refractivity contribution in [1.82, 2.24) is 0 Å². The van der Waals surface area contributed by atoms with Crippen molar-refractivity contribution in [3.8, 4) is 0 Å². The van der Waals surface area contributed by atoms with Crippen LogP contribution in [0.15, 0.2) is 53.4 Å². The van der Waals surface area contributed by atoms with E-state index in [2.05, 4.69) is 0 Å². The highest BCUT2D eigenvalue weighted by Crippen LogP contribution is 2.28. The third-order valence-corrected chi connectivity index (χ3v) is 3.67. The molecule has 2 rings (SSSR count). The van der Waals surface area contributed by atoms with Gasteiger partial charge < -0.3 is 5.11 Å². The Balaban J connectivity index is 2.14. The lowest BCUT2D eigenvalue weighted by atomic mass is 10.2. The maximum Gasteiger partial charge on any atom is 0.137 e. The average Bonchev–Trinajstić information content (AvgIpc) is 2.38. The zero-order chi connectivity index (χ0) is 12.1. The molecule has 1 nitrogen and oxygen atoms in total. The van der Waals surface area contributed by atoms with Crippen molar-refractivity contribution in [1.29, 1.82) is 0 Å². The minimum absolute atomic E-state index is 0.130. The van der Waals surface area contributed by atoms with Crippen LogP contribution in [0.5, 0.6) is 0 Å². The second-order valence-electron chi connectivity index (χ2n) is 3.66. The molecule has 17 heavy (non-hydrogen) atoms. The molecule has 0 aliphatic carbocycles. The van der Waals surface area contributed by atoms with Gasteiger partial charge in [0.25, 0.3) is 0 Å². The maximum absolute atomic E-state index is 13.6. The van der Waals surface area contributed by atoms with Crippen molar-refractivity contribution in [2.24, 2.45) is 0 Å². The van der Waals surface area contributed by atoms with Gasteiger partial charge in [-0.1, -0.05) is 42.5 Å². The molecular weight excluding hydrogens is 235 g/mol. The van der Waals surface area contributed by atoms with Crippen LogP contribution in [0.1, 0.15) is 11.1 Å². The highest BCUT2D eigenvalue weighted by atomic mass is 32.2. The van der Waals surface area contributed by atoms with Gasteiger partial charge in [0.05, 0.1) is 6.61 Å². The van der Waals surface area contributed by atoms with Crippen molar-refractivity contribution in [2.45, 2.75) is 17.3 Å². The molecular formula is C14H13FOS. The van der Waals surface area contributed by atoms with E-state index in [4.69, 9.17) is 5.11 Å². The van der Waals surface area contributed by atoms with E-state index in [1.807, 2.05) is 30.3 Å². The molecule has 0 fully saturated rings. The Morgan fingerprint density at radius 1 is 1.00 bits per heavy atom. The standard InChI is InChI=1S/C14H13FOS/c15-13-8-4-7-12(9-16)14(13)17-10-11-5-2-1-3-6-11/h1-8,16H,9-10H2. The molecule has 0 radical (unpaired) electrons. The molecule has 0 saturated heterocycles. The van der Waals surface area contributed by atoms with Gasteiger partial charge in [0.1, 0.15) is 5.82 Å². The number of benzene rings is 2. The van der Waals surface area contributed by atoms with E-state index in [1.165, 1.54) is 17.8 Å². The van der Waals surface area contributed by atoms with Gasteiger partial charge in [-0.25, -0.2) is 4.39 Å². The van der Waals surface area contributed by atoms with Gasteiger partial charge >= 0.3 is 0 Å². The third kappa shape index (κ3) is 3.08. The molecule has 0 aliphatic rings. The molecule has 2 aromatic rings. The highest BCUT2D eigenvalue weighted by molar-refractivity contribution is 7.98. The normalized spacial score (nSPS) is 10.5. The first kappa shape index (κ1) is 12.1. The molecule has 2 aromatic carbocycles. The summed E-state index contributed by atoms with van der Waals surface area (Å²) >= 11 is 1.42. The number of aliphatic hydroxyl groups is 1. The summed E-state index contributed by atoms with van der Waals surface area (Å²) in [5.74, 6) is 0.437. The van der Waals surface area contributed by atoms with Crippen LogP contribution in [0.2, 0.25) is 0 Å². The average molecular weight is 248 g/mol. The monoisotopic (exact) mass is 248 g/mol. The minimum atomic E-state index is -0.266. The van der Waals surface area contributed by atoms with E-state index < -0.39 is 0 Å². The first-order chi connectivity index (χ1) is 8.31. The summed E-state index contributed by atoms with van der Waals surface area (Å²) < 4.78 is 13.6. The highest BCUT2D eigenvalue weighted by Gasteiger charge is 2.08. The first-order valence-corrected chi connectivity index (χ1v) is 6.35. The van der Waals surface area contributed by atoms with Crippen LogP contribution < -0.4 is 0 Å². The lowest BCUT2D eigenvalue weighted by Crippen LogP contribution is -1.92. The Hall–Kier alpha value is -1.32. The fourth-order valence-electron chi connectivity index (χ4n) is 1.57. The number of thioether (sulfide) groups is 1. The van der Waals surface area contributed by atoms with Crippen LogP contribution in [-0.4, -0.2) is 5.11 Å². The topological polar surface area (TPSA) is 20.2 Å². The van der Waals surface area contributed by atoms with E-state index in [1.54, 1.807) is 12.1 Å². The van der Waals surface area contributed by atoms with Crippen molar-refractivity contribution < 1.29 is 9.50 Å². The smallest absolute Gasteiger partial charge is 0.137 e. The van der Waals surface area contributed by atoms with Crippen molar-refractivity contribution in [3.63, 3.8) is 0 Å². The van der Waals surface area contributed by atoms with Crippen LogP contribution in [0.3, 0.4) is 0 Å². The van der Waals surface area contributed by atoms with Gasteiger partial charge in [-0.2, -0.15) is 0 Å². The Labute approximate surface area is 104 Å². The van der Waals surface area contributed by atoms with E-state index in [0.717, 1.165) is 5.56 Å². The van der Waals surface area contributed by atoms with Crippen LogP contribution in [0, 0.1) is 5.82 Å². The summed E-state index contributed by atoms with van der Waals surface area (Å²) in [6, 6.07) is 14.7. The van der Waals surface area contributed by atoms with Gasteiger partial charge in [-0.05, 0) is 17.2 Å². The second-order valence-corrected chi connectivity index (χ2v) is 4.65. The van der Waals surface area contributed by atoms with E-state index in [-0.39, 0.29) is 12.4 Å². The van der Waals surface area contributed by atoms with Gasteiger partial charge in [0, 0.05) is 10.6 Å². The number of halogens is 1. The zero-order valence-electron chi connectivity index (χ0n) is 9.27. The summed E-state index contributed by atoms with van der Waals surface area (Å²) in [5.41, 5.74) is 1.79. The summed E-state index contributed by atoms with van der Waals surface area (Å²) in [6.07, 6.45) is 0. The molecule has 0 bridgehead atoms. The molecule has 0 heterocycles. The molecule has 0 aromatic heterocycles. The fourth-order valence-corrected chi connectivity index (χ4v) is 2.60. The summed E-state index contributed by atoms with van der Waals surface area (Å²) in [5, 5.41) is 9.16. The Morgan fingerprint density at radius 3 is 2.47 bits per heavy atom. The van der Waals surface area contributed by atoms with Gasteiger partial charge in [-0.15, -0.1) is 11.8 Å². The van der Waals surface area contributed by atoms with Crippen LogP contribution in [-0.2, 0) is 12.4 Å². The molecule has 3 heteroatoms. The molecule has 0 atom stereocenters. The molecule has 0 unspecified atom stereocenters.